The van der Waals surface area contributed by atoms with E-state index < -0.39 is 0 Å². The van der Waals surface area contributed by atoms with Crippen LogP contribution in [0.4, 0.5) is 5.69 Å². The molecule has 0 bridgehead atoms. The molecular weight excluding hydrogens is 306 g/mol. The zero-order valence-electron chi connectivity index (χ0n) is 9.88. The molecule has 2 N–H and O–H groups in total. The van der Waals surface area contributed by atoms with Crippen molar-refractivity contribution in [3.05, 3.63) is 53.3 Å². The number of para-hydroxylation sites is 1. The van der Waals surface area contributed by atoms with Crippen LogP contribution in [-0.2, 0) is 0 Å². The molecule has 94 valence electrons. The molecule has 0 amide bonds. The quantitative estimate of drug-likeness (QED) is 0.731. The lowest BCUT2D eigenvalue weighted by Crippen LogP contribution is -1.94. The molecule has 0 aliphatic heterocycles. The van der Waals surface area contributed by atoms with Crippen LogP contribution in [0.5, 0.6) is 11.6 Å². The summed E-state index contributed by atoms with van der Waals surface area (Å²) in [5.74, 6) is 1.14. The number of nitrogens with two attached hydrogens (primary N) is 1. The van der Waals surface area contributed by atoms with Gasteiger partial charge >= 0.3 is 0 Å². The second-order valence-corrected chi connectivity index (χ2v) is 4.75. The van der Waals surface area contributed by atoms with Gasteiger partial charge < -0.3 is 10.5 Å². The molecule has 0 fully saturated rings. The Balaban J connectivity index is 2.09. The van der Waals surface area contributed by atoms with Gasteiger partial charge in [0.05, 0.1) is 15.4 Å². The third-order valence-electron chi connectivity index (χ3n) is 2.71. The van der Waals surface area contributed by atoms with Crippen LogP contribution in [0.1, 0.15) is 0 Å². The molecule has 1 heterocycles. The van der Waals surface area contributed by atoms with Gasteiger partial charge in [0.1, 0.15) is 12.1 Å². The summed E-state index contributed by atoms with van der Waals surface area (Å²) in [6, 6.07) is 13.1. The minimum absolute atomic E-state index is 0.511. The second-order valence-electron chi connectivity index (χ2n) is 3.96. The van der Waals surface area contributed by atoms with E-state index in [0.29, 0.717) is 17.3 Å². The lowest BCUT2D eigenvalue weighted by atomic mass is 10.2. The lowest BCUT2D eigenvalue weighted by Gasteiger charge is -2.09. The highest BCUT2D eigenvalue weighted by atomic mass is 79.9. The van der Waals surface area contributed by atoms with Crippen LogP contribution in [0.3, 0.4) is 0 Å². The molecule has 2 aromatic carbocycles. The summed E-state index contributed by atoms with van der Waals surface area (Å²) in [6.07, 6.45) is 1.48. The Morgan fingerprint density at radius 3 is 2.74 bits per heavy atom. The molecule has 0 radical (unpaired) electrons. The summed E-state index contributed by atoms with van der Waals surface area (Å²) in [5.41, 5.74) is 7.29. The van der Waals surface area contributed by atoms with E-state index in [1.54, 1.807) is 6.07 Å². The van der Waals surface area contributed by atoms with E-state index in [1.165, 1.54) is 6.33 Å². The molecule has 0 aliphatic rings. The van der Waals surface area contributed by atoms with Crippen LogP contribution in [0.15, 0.2) is 53.3 Å². The van der Waals surface area contributed by atoms with Crippen molar-refractivity contribution in [2.75, 3.05) is 5.73 Å². The number of rotatable bonds is 2. The smallest absolute Gasteiger partial charge is 0.230 e. The Hall–Kier alpha value is -2.14. The van der Waals surface area contributed by atoms with E-state index in [-0.39, 0.29) is 0 Å². The number of nitrogen functional groups attached to an aromatic ring is 1. The van der Waals surface area contributed by atoms with Crippen molar-refractivity contribution in [1.29, 1.82) is 0 Å². The van der Waals surface area contributed by atoms with Gasteiger partial charge in [-0.05, 0) is 40.2 Å². The fourth-order valence-electron chi connectivity index (χ4n) is 1.77. The Morgan fingerprint density at radius 2 is 1.84 bits per heavy atom. The number of ether oxygens (including phenoxy) is 1. The van der Waals surface area contributed by atoms with Crippen LogP contribution in [0, 0.1) is 0 Å². The minimum Gasteiger partial charge on any atom is -0.437 e. The second kappa shape index (κ2) is 4.85. The summed E-state index contributed by atoms with van der Waals surface area (Å²) in [7, 11) is 0. The summed E-state index contributed by atoms with van der Waals surface area (Å²) in [4.78, 5) is 8.37. The normalized spacial score (nSPS) is 10.6. The van der Waals surface area contributed by atoms with Gasteiger partial charge in [0.25, 0.3) is 0 Å². The zero-order chi connectivity index (χ0) is 13.2. The first-order valence-electron chi connectivity index (χ1n) is 5.67. The maximum absolute atomic E-state index is 5.83. The maximum Gasteiger partial charge on any atom is 0.230 e. The van der Waals surface area contributed by atoms with Gasteiger partial charge in [0.2, 0.25) is 5.88 Å². The largest absolute Gasteiger partial charge is 0.437 e. The van der Waals surface area contributed by atoms with Crippen LogP contribution in [-0.4, -0.2) is 9.97 Å². The number of hydrogen-bond acceptors (Lipinski definition) is 4. The number of anilines is 1. The highest BCUT2D eigenvalue weighted by molar-refractivity contribution is 9.10. The van der Waals surface area contributed by atoms with Crippen molar-refractivity contribution in [2.24, 2.45) is 0 Å². The Bertz CT molecular complexity index is 740. The maximum atomic E-state index is 5.83. The van der Waals surface area contributed by atoms with Crippen molar-refractivity contribution in [2.45, 2.75) is 0 Å². The van der Waals surface area contributed by atoms with E-state index in [0.717, 1.165) is 15.4 Å². The van der Waals surface area contributed by atoms with E-state index in [1.807, 2.05) is 36.4 Å². The topological polar surface area (TPSA) is 61.0 Å². The molecule has 0 saturated carbocycles. The summed E-state index contributed by atoms with van der Waals surface area (Å²) >= 11 is 3.41. The molecule has 3 aromatic rings. The predicted octanol–water partition coefficient (Wildman–Crippen LogP) is 3.77. The van der Waals surface area contributed by atoms with Crippen LogP contribution in [0.2, 0.25) is 0 Å². The number of fused-ring (bicyclic) bond motifs is 1. The molecule has 0 atom stereocenters. The number of aromatic nitrogens is 2. The average Bonchev–Trinajstić information content (AvgIpc) is 2.44. The van der Waals surface area contributed by atoms with E-state index in [9.17, 15) is 0 Å². The fourth-order valence-corrected chi connectivity index (χ4v) is 2.12. The minimum atomic E-state index is 0.511. The molecule has 4 nitrogen and oxygen atoms in total. The monoisotopic (exact) mass is 315 g/mol. The van der Waals surface area contributed by atoms with E-state index >= 15 is 0 Å². The van der Waals surface area contributed by atoms with Crippen LogP contribution < -0.4 is 10.5 Å². The Morgan fingerprint density at radius 1 is 1.00 bits per heavy atom. The third kappa shape index (κ3) is 2.24. The van der Waals surface area contributed by atoms with E-state index in [2.05, 4.69) is 25.9 Å². The van der Waals surface area contributed by atoms with Crippen molar-refractivity contribution >= 4 is 32.5 Å². The van der Waals surface area contributed by atoms with Gasteiger partial charge in [-0.1, -0.05) is 18.2 Å². The highest BCUT2D eigenvalue weighted by Crippen LogP contribution is 2.34. The van der Waals surface area contributed by atoms with Gasteiger partial charge in [-0.3, -0.25) is 0 Å². The van der Waals surface area contributed by atoms with Gasteiger partial charge in [-0.2, -0.15) is 0 Å². The van der Waals surface area contributed by atoms with Crippen molar-refractivity contribution in [3.8, 4) is 11.6 Å². The zero-order valence-corrected chi connectivity index (χ0v) is 11.5. The first kappa shape index (κ1) is 11.9. The average molecular weight is 316 g/mol. The molecule has 0 spiro atoms. The van der Waals surface area contributed by atoms with E-state index in [4.69, 9.17) is 10.5 Å². The van der Waals surface area contributed by atoms with Crippen molar-refractivity contribution < 1.29 is 4.74 Å². The molecule has 1 aromatic heterocycles. The molecule has 5 heteroatoms. The summed E-state index contributed by atoms with van der Waals surface area (Å²) < 4.78 is 6.55. The molecule has 19 heavy (non-hydrogen) atoms. The first-order valence-corrected chi connectivity index (χ1v) is 6.46. The van der Waals surface area contributed by atoms with Crippen LogP contribution in [0.25, 0.3) is 10.9 Å². The van der Waals surface area contributed by atoms with Gasteiger partial charge in [0, 0.05) is 5.69 Å². The summed E-state index contributed by atoms with van der Waals surface area (Å²) in [6.45, 7) is 0. The summed E-state index contributed by atoms with van der Waals surface area (Å²) in [5, 5.41) is 0.860. The number of nitrogens with zero attached hydrogens (tertiary/aromatic N) is 2. The highest BCUT2D eigenvalue weighted by Gasteiger charge is 2.09. The SMILES string of the molecule is Nc1cccc(Oc2ncnc3ccccc23)c1Br. The number of benzene rings is 2. The number of halogens is 1. The van der Waals surface area contributed by atoms with Gasteiger partial charge in [0.15, 0.2) is 0 Å². The van der Waals surface area contributed by atoms with Gasteiger partial charge in [-0.15, -0.1) is 0 Å². The third-order valence-corrected chi connectivity index (χ3v) is 3.55. The fraction of sp³-hybridized carbons (Fsp3) is 0. The standard InChI is InChI=1S/C14H10BrN3O/c15-13-10(16)5-3-7-12(13)19-14-9-4-1-2-6-11(9)17-8-18-14/h1-8H,16H2. The molecule has 3 rings (SSSR count). The van der Waals surface area contributed by atoms with Crippen molar-refractivity contribution in [1.82, 2.24) is 9.97 Å². The predicted molar refractivity (Wildman–Crippen MR) is 78.2 cm³/mol. The van der Waals surface area contributed by atoms with Gasteiger partial charge in [-0.25, -0.2) is 9.97 Å². The molecular formula is C14H10BrN3O. The Labute approximate surface area is 118 Å². The van der Waals surface area contributed by atoms with Crippen LogP contribution >= 0.6 is 15.9 Å². The lowest BCUT2D eigenvalue weighted by molar-refractivity contribution is 0.465. The molecule has 0 saturated heterocycles. The molecule has 0 unspecified atom stereocenters. The van der Waals surface area contributed by atoms with Crippen molar-refractivity contribution in [3.63, 3.8) is 0 Å². The first-order chi connectivity index (χ1) is 9.25. The number of hydrogen-bond donors (Lipinski definition) is 1. The Kier molecular flexibility index (Phi) is 3.05. The molecule has 0 aliphatic carbocycles.